The molecule has 0 bridgehead atoms. The lowest BCUT2D eigenvalue weighted by Crippen LogP contribution is -2.15. The molecule has 1 aromatic heterocycles. The molecule has 0 aliphatic heterocycles. The van der Waals surface area contributed by atoms with Gasteiger partial charge in [0.15, 0.2) is 0 Å². The number of hydrogen-bond acceptors (Lipinski definition) is 1. The summed E-state index contributed by atoms with van der Waals surface area (Å²) in [4.78, 5) is 0. The Kier molecular flexibility index (Phi) is 5.23. The van der Waals surface area contributed by atoms with E-state index in [2.05, 4.69) is 143 Å². The first kappa shape index (κ1) is 26.3. The van der Waals surface area contributed by atoms with Crippen LogP contribution in [0.1, 0.15) is 61.1 Å². The van der Waals surface area contributed by atoms with Gasteiger partial charge in [0.25, 0.3) is 0 Å². The van der Waals surface area contributed by atoms with Gasteiger partial charge in [0, 0.05) is 21.6 Å². The van der Waals surface area contributed by atoms with E-state index in [1.165, 1.54) is 66.8 Å². The monoisotopic (exact) mass is 578 g/mol. The highest BCUT2D eigenvalue weighted by Gasteiger charge is 2.37. The fraction of sp³-hybridized carbons (Fsp3) is 0.136. The molecule has 7 aromatic rings. The van der Waals surface area contributed by atoms with E-state index in [1.807, 2.05) is 12.1 Å². The summed E-state index contributed by atoms with van der Waals surface area (Å²) in [6.07, 6.45) is 0. The second-order valence-corrected chi connectivity index (χ2v) is 13.9. The Morgan fingerprint density at radius 2 is 0.978 bits per heavy atom. The molecular formula is C44H34O. The molecule has 6 aromatic carbocycles. The number of para-hydroxylation sites is 1. The summed E-state index contributed by atoms with van der Waals surface area (Å²) in [5.41, 5.74) is 18.3. The maximum Gasteiger partial charge on any atom is 0.136 e. The van der Waals surface area contributed by atoms with Gasteiger partial charge in [-0.05, 0) is 109 Å². The summed E-state index contributed by atoms with van der Waals surface area (Å²) in [6.45, 7) is 14.0. The third kappa shape index (κ3) is 3.61. The molecule has 0 amide bonds. The van der Waals surface area contributed by atoms with Gasteiger partial charge in [-0.2, -0.15) is 0 Å². The minimum absolute atomic E-state index is 0.0313. The third-order valence-electron chi connectivity index (χ3n) is 10.7. The van der Waals surface area contributed by atoms with Crippen molar-refractivity contribution in [3.8, 4) is 33.4 Å². The Bertz CT molecular complexity index is 2390. The van der Waals surface area contributed by atoms with Crippen LogP contribution < -0.4 is 0 Å². The van der Waals surface area contributed by atoms with Gasteiger partial charge in [-0.15, -0.1) is 0 Å². The van der Waals surface area contributed by atoms with Gasteiger partial charge in [-0.25, -0.2) is 0 Å². The number of rotatable bonds is 3. The molecule has 9 rings (SSSR count). The van der Waals surface area contributed by atoms with E-state index in [4.69, 9.17) is 4.42 Å². The molecule has 2 aliphatic carbocycles. The molecule has 0 unspecified atom stereocenters. The van der Waals surface area contributed by atoms with Crippen molar-refractivity contribution in [2.45, 2.75) is 38.5 Å². The van der Waals surface area contributed by atoms with E-state index in [0.717, 1.165) is 27.5 Å². The van der Waals surface area contributed by atoms with Crippen molar-refractivity contribution < 1.29 is 4.42 Å². The van der Waals surface area contributed by atoms with E-state index in [0.29, 0.717) is 0 Å². The molecule has 0 fully saturated rings. The van der Waals surface area contributed by atoms with Crippen molar-refractivity contribution in [3.63, 3.8) is 0 Å². The van der Waals surface area contributed by atoms with E-state index in [9.17, 15) is 0 Å². The summed E-state index contributed by atoms with van der Waals surface area (Å²) in [7, 11) is 0. The standard InChI is InChI=1S/C44H34O/c1-26(27-14-18-32-31-10-6-8-12-37(31)43(2,3)38(32)22-27)28-15-19-33-34-20-16-29(24-40(34)44(4,5)39(33)23-28)30-17-21-36-35-11-7-9-13-41(35)45-42(36)25-30/h6-25H,1H2,2-5H3. The van der Waals surface area contributed by atoms with Crippen LogP contribution in [0.15, 0.2) is 132 Å². The van der Waals surface area contributed by atoms with Gasteiger partial charge in [0.1, 0.15) is 11.2 Å². The first-order valence-corrected chi connectivity index (χ1v) is 15.9. The molecule has 1 heteroatoms. The number of hydrogen-bond donors (Lipinski definition) is 0. The number of benzene rings is 6. The van der Waals surface area contributed by atoms with Crippen LogP contribution in [0, 0.1) is 0 Å². The van der Waals surface area contributed by atoms with Crippen LogP contribution in [-0.4, -0.2) is 0 Å². The Balaban J connectivity index is 1.07. The molecule has 0 spiro atoms. The molecule has 0 saturated heterocycles. The minimum Gasteiger partial charge on any atom is -0.456 e. The SMILES string of the molecule is C=C(c1ccc2c(c1)C(C)(C)c1ccccc1-2)c1ccc2c(c1)C(C)(C)c1cc(-c3ccc4c(c3)oc3ccccc34)ccc1-2. The second-order valence-electron chi connectivity index (χ2n) is 13.9. The Hall–Kier alpha value is -5.14. The second kappa shape index (κ2) is 8.96. The molecular weight excluding hydrogens is 544 g/mol. The quantitative estimate of drug-likeness (QED) is 0.203. The molecule has 216 valence electrons. The maximum atomic E-state index is 6.21. The molecule has 1 nitrogen and oxygen atoms in total. The Morgan fingerprint density at radius 1 is 0.467 bits per heavy atom. The zero-order valence-electron chi connectivity index (χ0n) is 26.2. The topological polar surface area (TPSA) is 13.1 Å². The molecule has 0 N–H and O–H groups in total. The summed E-state index contributed by atoms with van der Waals surface area (Å²) in [5, 5.41) is 2.32. The molecule has 0 saturated carbocycles. The van der Waals surface area contributed by atoms with Crippen molar-refractivity contribution in [2.75, 3.05) is 0 Å². The molecule has 0 radical (unpaired) electrons. The zero-order valence-corrected chi connectivity index (χ0v) is 26.2. The zero-order chi connectivity index (χ0) is 30.7. The molecule has 1 heterocycles. The van der Waals surface area contributed by atoms with Gasteiger partial charge in [0.2, 0.25) is 0 Å². The molecule has 45 heavy (non-hydrogen) atoms. The van der Waals surface area contributed by atoms with Crippen molar-refractivity contribution in [3.05, 3.63) is 161 Å². The highest BCUT2D eigenvalue weighted by Crippen LogP contribution is 2.52. The van der Waals surface area contributed by atoms with Gasteiger partial charge in [0.05, 0.1) is 0 Å². The van der Waals surface area contributed by atoms with Crippen LogP contribution >= 0.6 is 0 Å². The minimum atomic E-state index is -0.137. The van der Waals surface area contributed by atoms with E-state index in [1.54, 1.807) is 0 Å². The van der Waals surface area contributed by atoms with Crippen LogP contribution in [0.4, 0.5) is 0 Å². The average molecular weight is 579 g/mol. The number of furan rings is 1. The fourth-order valence-electron chi connectivity index (χ4n) is 8.07. The van der Waals surface area contributed by atoms with E-state index >= 15 is 0 Å². The summed E-state index contributed by atoms with van der Waals surface area (Å²) >= 11 is 0. The number of fused-ring (bicyclic) bond motifs is 9. The normalized spacial score (nSPS) is 15.1. The van der Waals surface area contributed by atoms with Crippen LogP contribution in [0.3, 0.4) is 0 Å². The average Bonchev–Trinajstić information content (AvgIpc) is 3.63. The third-order valence-corrected chi connectivity index (χ3v) is 10.7. The Labute approximate surface area is 264 Å². The van der Waals surface area contributed by atoms with Gasteiger partial charge < -0.3 is 4.42 Å². The summed E-state index contributed by atoms with van der Waals surface area (Å²) < 4.78 is 6.21. The van der Waals surface area contributed by atoms with Crippen LogP contribution in [0.5, 0.6) is 0 Å². The highest BCUT2D eigenvalue weighted by molar-refractivity contribution is 6.06. The van der Waals surface area contributed by atoms with Crippen molar-refractivity contribution in [1.29, 1.82) is 0 Å². The smallest absolute Gasteiger partial charge is 0.136 e. The molecule has 0 atom stereocenters. The fourth-order valence-corrected chi connectivity index (χ4v) is 8.07. The van der Waals surface area contributed by atoms with Gasteiger partial charge in [-0.3, -0.25) is 0 Å². The molecule has 2 aliphatic rings. The Morgan fingerprint density at radius 3 is 1.71 bits per heavy atom. The first-order valence-electron chi connectivity index (χ1n) is 15.9. The van der Waals surface area contributed by atoms with Crippen LogP contribution in [0.2, 0.25) is 0 Å². The summed E-state index contributed by atoms with van der Waals surface area (Å²) in [5.74, 6) is 0. The highest BCUT2D eigenvalue weighted by atomic mass is 16.3. The maximum absolute atomic E-state index is 6.21. The largest absolute Gasteiger partial charge is 0.456 e. The lowest BCUT2D eigenvalue weighted by atomic mass is 9.80. The van der Waals surface area contributed by atoms with Crippen molar-refractivity contribution in [2.24, 2.45) is 0 Å². The van der Waals surface area contributed by atoms with Crippen molar-refractivity contribution in [1.82, 2.24) is 0 Å². The predicted molar refractivity (Wildman–Crippen MR) is 189 cm³/mol. The van der Waals surface area contributed by atoms with E-state index in [-0.39, 0.29) is 10.8 Å². The summed E-state index contributed by atoms with van der Waals surface area (Å²) in [6, 6.07) is 44.5. The van der Waals surface area contributed by atoms with Crippen LogP contribution in [0.25, 0.3) is 60.9 Å². The lowest BCUT2D eigenvalue weighted by molar-refractivity contribution is 0.660. The first-order chi connectivity index (χ1) is 21.7. The van der Waals surface area contributed by atoms with Gasteiger partial charge >= 0.3 is 0 Å². The lowest BCUT2D eigenvalue weighted by Gasteiger charge is -2.23. The predicted octanol–water partition coefficient (Wildman–Crippen LogP) is 11.9. The van der Waals surface area contributed by atoms with Crippen molar-refractivity contribution >= 4 is 27.5 Å². The van der Waals surface area contributed by atoms with E-state index < -0.39 is 0 Å². The van der Waals surface area contributed by atoms with Crippen LogP contribution in [-0.2, 0) is 10.8 Å². The van der Waals surface area contributed by atoms with Gasteiger partial charge in [-0.1, -0.05) is 119 Å².